The third-order valence-electron chi connectivity index (χ3n) is 8.81. The van der Waals surface area contributed by atoms with Gasteiger partial charge in [0.2, 0.25) is 0 Å². The highest BCUT2D eigenvalue weighted by atomic mass is 16.5. The van der Waals surface area contributed by atoms with E-state index in [4.69, 9.17) is 4.74 Å². The van der Waals surface area contributed by atoms with E-state index in [-0.39, 0.29) is 42.3 Å². The predicted molar refractivity (Wildman–Crippen MR) is 190 cm³/mol. The lowest BCUT2D eigenvalue weighted by molar-refractivity contribution is 0.0373. The molecule has 0 bridgehead atoms. The van der Waals surface area contributed by atoms with Crippen molar-refractivity contribution in [2.75, 3.05) is 42.7 Å². The number of benzene rings is 5. The van der Waals surface area contributed by atoms with Crippen LogP contribution in [0.2, 0.25) is 0 Å². The highest BCUT2D eigenvalue weighted by Gasteiger charge is 2.35. The molecule has 48 heavy (non-hydrogen) atoms. The van der Waals surface area contributed by atoms with Crippen LogP contribution in [0.3, 0.4) is 0 Å². The largest absolute Gasteiger partial charge is 0.485 e. The number of nitrogens with one attached hydrogen (secondary N) is 3. The summed E-state index contributed by atoms with van der Waals surface area (Å²) >= 11 is 0. The fraction of sp³-hybridized carbons (Fsp3) is 0.237. The molecule has 0 spiro atoms. The Hall–Kier alpha value is -5.61. The monoisotopic (exact) mass is 645 g/mol. The second kappa shape index (κ2) is 14.0. The average Bonchev–Trinajstić information content (AvgIpc) is 3.10. The van der Waals surface area contributed by atoms with Crippen molar-refractivity contribution in [1.29, 1.82) is 0 Å². The summed E-state index contributed by atoms with van der Waals surface area (Å²) in [6, 6.07) is 30.7. The number of carbonyl (C=O) groups is 3. The zero-order chi connectivity index (χ0) is 33.8. The Labute approximate surface area is 279 Å². The van der Waals surface area contributed by atoms with Crippen molar-refractivity contribution >= 4 is 56.6 Å². The van der Waals surface area contributed by atoms with E-state index in [1.807, 2.05) is 91.9 Å². The number of fused-ring (bicyclic) bond motifs is 3. The number of urea groups is 2. The van der Waals surface area contributed by atoms with Crippen molar-refractivity contribution in [2.45, 2.75) is 26.0 Å². The molecule has 0 radical (unpaired) electrons. The van der Waals surface area contributed by atoms with Gasteiger partial charge in [-0.3, -0.25) is 4.79 Å². The first-order valence-electron chi connectivity index (χ1n) is 16.0. The average molecular weight is 646 g/mol. The number of aliphatic hydroxyl groups excluding tert-OH is 1. The van der Waals surface area contributed by atoms with Crippen LogP contribution in [0.15, 0.2) is 103 Å². The normalized spacial score (nSPS) is 16.7. The molecule has 10 nitrogen and oxygen atoms in total. The van der Waals surface area contributed by atoms with Gasteiger partial charge in [0.1, 0.15) is 6.10 Å². The minimum absolute atomic E-state index is 0.184. The molecule has 5 aromatic carbocycles. The fourth-order valence-electron chi connectivity index (χ4n) is 6.07. The summed E-state index contributed by atoms with van der Waals surface area (Å²) < 4.78 is 6.60. The Morgan fingerprint density at radius 2 is 1.38 bits per heavy atom. The van der Waals surface area contributed by atoms with Crippen LogP contribution in [-0.2, 0) is 0 Å². The maximum Gasteiger partial charge on any atom is 0.323 e. The number of hydrogen-bond donors (Lipinski definition) is 4. The fourth-order valence-corrected chi connectivity index (χ4v) is 6.07. The third kappa shape index (κ3) is 6.74. The Balaban J connectivity index is 1.27. The summed E-state index contributed by atoms with van der Waals surface area (Å²) in [5, 5.41) is 22.7. The van der Waals surface area contributed by atoms with Crippen molar-refractivity contribution in [2.24, 2.45) is 5.92 Å². The first-order valence-corrected chi connectivity index (χ1v) is 16.0. The number of hydrogen-bond acceptors (Lipinski definition) is 5. The number of carbonyl (C=O) groups excluding carboxylic acids is 3. The summed E-state index contributed by atoms with van der Waals surface area (Å²) in [4.78, 5) is 43.9. The zero-order valence-corrected chi connectivity index (χ0v) is 27.1. The van der Waals surface area contributed by atoms with Crippen LogP contribution < -0.4 is 20.7 Å². The van der Waals surface area contributed by atoms with Crippen LogP contribution in [0, 0.1) is 5.92 Å². The lowest BCUT2D eigenvalue weighted by Gasteiger charge is -2.38. The Morgan fingerprint density at radius 1 is 0.833 bits per heavy atom. The molecular weight excluding hydrogens is 606 g/mol. The lowest BCUT2D eigenvalue weighted by Crippen LogP contribution is -2.50. The molecule has 0 aliphatic carbocycles. The molecule has 0 aromatic heterocycles. The quantitative estimate of drug-likeness (QED) is 0.152. The van der Waals surface area contributed by atoms with Crippen molar-refractivity contribution in [3.63, 3.8) is 0 Å². The number of para-hydroxylation sites is 1. The third-order valence-corrected chi connectivity index (χ3v) is 8.81. The Morgan fingerprint density at radius 3 is 2.02 bits per heavy atom. The van der Waals surface area contributed by atoms with Gasteiger partial charge in [0, 0.05) is 30.3 Å². The van der Waals surface area contributed by atoms with Crippen LogP contribution in [0.4, 0.5) is 26.7 Å². The molecular formula is C38H39N5O5. The van der Waals surface area contributed by atoms with E-state index in [9.17, 15) is 19.5 Å². The first-order chi connectivity index (χ1) is 23.2. The zero-order valence-electron chi connectivity index (χ0n) is 27.1. The number of likely N-dealkylation sites (N-methyl/N-ethyl adjacent to an activating group) is 1. The van der Waals surface area contributed by atoms with Crippen molar-refractivity contribution < 1.29 is 24.2 Å². The molecule has 6 rings (SSSR count). The highest BCUT2D eigenvalue weighted by molar-refractivity contribution is 6.08. The van der Waals surface area contributed by atoms with Gasteiger partial charge in [0.15, 0.2) is 5.75 Å². The van der Waals surface area contributed by atoms with Gasteiger partial charge in [-0.15, -0.1) is 0 Å². The molecule has 246 valence electrons. The van der Waals surface area contributed by atoms with Crippen LogP contribution in [0.5, 0.6) is 5.75 Å². The number of anilines is 3. The predicted octanol–water partition coefficient (Wildman–Crippen LogP) is 7.02. The van der Waals surface area contributed by atoms with E-state index < -0.39 is 18.2 Å². The van der Waals surface area contributed by atoms with Crippen LogP contribution in [0.1, 0.15) is 24.2 Å². The number of ether oxygens (including phenoxy) is 1. The molecule has 0 fully saturated rings. The molecule has 3 atom stereocenters. The van der Waals surface area contributed by atoms with Crippen LogP contribution >= 0.6 is 0 Å². The smallest absolute Gasteiger partial charge is 0.323 e. The second-order valence-electron chi connectivity index (χ2n) is 12.2. The molecule has 10 heteroatoms. The highest BCUT2D eigenvalue weighted by Crippen LogP contribution is 2.35. The van der Waals surface area contributed by atoms with Gasteiger partial charge in [0.05, 0.1) is 41.8 Å². The van der Waals surface area contributed by atoms with Gasteiger partial charge in [-0.05, 0) is 42.0 Å². The standard InChI is InChI=1S/C38H39N5O5/c1-24-21-43(25(2)23-44)36(45)30-17-10-20-33(40-37(46)39-31-18-8-13-26-11-4-6-15-28(26)31)35(30)48-34(24)22-42(3)38(47)41-32-19-9-14-27-12-5-7-16-29(27)32/h4-20,24-25,34,44H,21-23H2,1-3H3,(H,41,47)(H2,39,40,46)/t24-,25+,34+/m0/s1. The van der Waals surface area contributed by atoms with E-state index in [0.717, 1.165) is 21.5 Å². The van der Waals surface area contributed by atoms with E-state index >= 15 is 0 Å². The van der Waals surface area contributed by atoms with Crippen molar-refractivity contribution in [1.82, 2.24) is 9.80 Å². The summed E-state index contributed by atoms with van der Waals surface area (Å²) in [6.45, 7) is 3.98. The minimum Gasteiger partial charge on any atom is -0.485 e. The van der Waals surface area contributed by atoms with Gasteiger partial charge in [0.25, 0.3) is 5.91 Å². The van der Waals surface area contributed by atoms with E-state index in [0.29, 0.717) is 23.6 Å². The second-order valence-corrected chi connectivity index (χ2v) is 12.2. The summed E-state index contributed by atoms with van der Waals surface area (Å²) in [5.74, 6) is -0.372. The van der Waals surface area contributed by atoms with Gasteiger partial charge in [-0.2, -0.15) is 0 Å². The first kappa shape index (κ1) is 32.3. The van der Waals surface area contributed by atoms with Crippen molar-refractivity contribution in [3.05, 3.63) is 109 Å². The lowest BCUT2D eigenvalue weighted by atomic mass is 9.99. The Kier molecular flexibility index (Phi) is 9.45. The number of rotatable bonds is 7. The molecule has 4 N–H and O–H groups in total. The summed E-state index contributed by atoms with van der Waals surface area (Å²) in [7, 11) is 1.69. The maximum atomic E-state index is 13.9. The van der Waals surface area contributed by atoms with E-state index in [1.54, 1.807) is 42.0 Å². The molecule has 0 saturated heterocycles. The minimum atomic E-state index is -0.572. The SMILES string of the molecule is C[C@H](CO)N1C[C@H](C)[C@@H](CN(C)C(=O)Nc2cccc3ccccc23)Oc2c(NC(=O)Nc3cccc4ccccc34)cccc2C1=O. The molecule has 1 aliphatic heterocycles. The molecule has 5 amide bonds. The van der Waals surface area contributed by atoms with E-state index in [1.165, 1.54) is 0 Å². The van der Waals surface area contributed by atoms with Crippen LogP contribution in [-0.4, -0.2) is 71.8 Å². The molecule has 0 unspecified atom stereocenters. The van der Waals surface area contributed by atoms with Gasteiger partial charge < -0.3 is 35.6 Å². The van der Waals surface area contributed by atoms with Crippen LogP contribution in [0.25, 0.3) is 21.5 Å². The maximum absolute atomic E-state index is 13.9. The van der Waals surface area contributed by atoms with Gasteiger partial charge in [-0.25, -0.2) is 9.59 Å². The van der Waals surface area contributed by atoms with Crippen molar-refractivity contribution in [3.8, 4) is 5.75 Å². The van der Waals surface area contributed by atoms with Gasteiger partial charge >= 0.3 is 12.1 Å². The molecule has 5 aromatic rings. The summed E-state index contributed by atoms with van der Waals surface area (Å²) in [6.07, 6.45) is -0.572. The molecule has 1 aliphatic rings. The molecule has 0 saturated carbocycles. The number of aliphatic hydroxyl groups is 1. The van der Waals surface area contributed by atoms with E-state index in [2.05, 4.69) is 16.0 Å². The topological polar surface area (TPSA) is 123 Å². The number of nitrogens with zero attached hydrogens (tertiary/aromatic N) is 2. The summed E-state index contributed by atoms with van der Waals surface area (Å²) in [5.41, 5.74) is 1.88. The molecule has 1 heterocycles. The van der Waals surface area contributed by atoms with Gasteiger partial charge in [-0.1, -0.05) is 85.8 Å². The Bertz CT molecular complexity index is 1970. The number of amides is 5.